The third-order valence-electron chi connectivity index (χ3n) is 4.73. The number of nitrogens with zero attached hydrogens (tertiary/aromatic N) is 2. The summed E-state index contributed by atoms with van der Waals surface area (Å²) in [4.78, 5) is 9.55. The molecule has 0 fully saturated rings. The van der Waals surface area contributed by atoms with E-state index in [9.17, 15) is 0 Å². The SMILES string of the molecule is CCOC1=N[C@H](C#C[Si](CC)(CC)CC)C(OCC)=N[C@H]1C(C)C. The van der Waals surface area contributed by atoms with Crippen LogP contribution in [0.2, 0.25) is 18.1 Å². The Morgan fingerprint density at radius 2 is 1.46 bits per heavy atom. The molecule has 0 bridgehead atoms. The highest BCUT2D eigenvalue weighted by Gasteiger charge is 2.31. The first-order chi connectivity index (χ1) is 11.5. The van der Waals surface area contributed by atoms with E-state index in [4.69, 9.17) is 19.5 Å². The lowest BCUT2D eigenvalue weighted by Gasteiger charge is -2.26. The molecule has 136 valence electrons. The molecule has 0 aliphatic carbocycles. The van der Waals surface area contributed by atoms with Crippen molar-refractivity contribution in [2.75, 3.05) is 13.2 Å². The van der Waals surface area contributed by atoms with Crippen molar-refractivity contribution in [1.82, 2.24) is 0 Å². The molecule has 4 nitrogen and oxygen atoms in total. The molecule has 0 aromatic carbocycles. The average molecular weight is 351 g/mol. The topological polar surface area (TPSA) is 43.2 Å². The summed E-state index contributed by atoms with van der Waals surface area (Å²) in [6.07, 6.45) is 0. The van der Waals surface area contributed by atoms with Crippen molar-refractivity contribution in [3.63, 3.8) is 0 Å². The molecule has 0 amide bonds. The number of rotatable bonds is 6. The normalized spacial score (nSPS) is 20.8. The van der Waals surface area contributed by atoms with E-state index < -0.39 is 8.07 Å². The minimum Gasteiger partial charge on any atom is -0.480 e. The van der Waals surface area contributed by atoms with Gasteiger partial charge in [-0.1, -0.05) is 40.5 Å². The van der Waals surface area contributed by atoms with Crippen molar-refractivity contribution >= 4 is 19.9 Å². The zero-order valence-corrected chi connectivity index (χ0v) is 17.5. The van der Waals surface area contributed by atoms with Crippen molar-refractivity contribution in [2.45, 2.75) is 78.7 Å². The van der Waals surface area contributed by atoms with E-state index in [1.54, 1.807) is 0 Å². The van der Waals surface area contributed by atoms with E-state index in [2.05, 4.69) is 46.1 Å². The third-order valence-corrected chi connectivity index (χ3v) is 9.47. The van der Waals surface area contributed by atoms with Crippen molar-refractivity contribution in [3.05, 3.63) is 0 Å². The summed E-state index contributed by atoms with van der Waals surface area (Å²) in [5, 5.41) is 0. The van der Waals surface area contributed by atoms with Crippen molar-refractivity contribution in [1.29, 1.82) is 0 Å². The van der Waals surface area contributed by atoms with Gasteiger partial charge in [0.15, 0.2) is 6.04 Å². The third kappa shape index (κ3) is 5.11. The van der Waals surface area contributed by atoms with Crippen LogP contribution in [0, 0.1) is 17.4 Å². The van der Waals surface area contributed by atoms with E-state index >= 15 is 0 Å². The minimum atomic E-state index is -1.51. The summed E-state index contributed by atoms with van der Waals surface area (Å²) in [6.45, 7) is 16.2. The largest absolute Gasteiger partial charge is 0.480 e. The molecule has 1 rings (SSSR count). The molecule has 0 unspecified atom stereocenters. The molecule has 1 heterocycles. The molecule has 0 aromatic rings. The van der Waals surface area contributed by atoms with Crippen LogP contribution in [0.25, 0.3) is 0 Å². The first kappa shape index (κ1) is 20.8. The summed E-state index contributed by atoms with van der Waals surface area (Å²) >= 11 is 0. The Morgan fingerprint density at radius 1 is 0.917 bits per heavy atom. The molecule has 1 aliphatic heterocycles. The highest BCUT2D eigenvalue weighted by atomic mass is 28.3. The van der Waals surface area contributed by atoms with Gasteiger partial charge in [0.05, 0.1) is 13.2 Å². The lowest BCUT2D eigenvalue weighted by Crippen LogP contribution is -2.38. The Bertz CT molecular complexity index is 505. The molecule has 0 N–H and O–H groups in total. The fourth-order valence-corrected chi connectivity index (χ4v) is 5.29. The van der Waals surface area contributed by atoms with Crippen molar-refractivity contribution < 1.29 is 9.47 Å². The smallest absolute Gasteiger partial charge is 0.222 e. The number of hydrogen-bond acceptors (Lipinski definition) is 4. The van der Waals surface area contributed by atoms with Gasteiger partial charge in [-0.25, -0.2) is 9.98 Å². The minimum absolute atomic E-state index is 0.0740. The molecule has 0 aromatic heterocycles. The van der Waals surface area contributed by atoms with Crippen LogP contribution in [0.4, 0.5) is 0 Å². The summed E-state index contributed by atoms with van der Waals surface area (Å²) < 4.78 is 11.5. The predicted molar refractivity (Wildman–Crippen MR) is 106 cm³/mol. The molecule has 24 heavy (non-hydrogen) atoms. The fraction of sp³-hybridized carbons (Fsp3) is 0.789. The zero-order valence-electron chi connectivity index (χ0n) is 16.5. The lowest BCUT2D eigenvalue weighted by molar-refractivity contribution is 0.281. The predicted octanol–water partition coefficient (Wildman–Crippen LogP) is 4.31. The maximum Gasteiger partial charge on any atom is 0.222 e. The zero-order chi connectivity index (χ0) is 18.2. The van der Waals surface area contributed by atoms with E-state index in [1.807, 2.05) is 13.8 Å². The maximum absolute atomic E-state index is 5.77. The highest BCUT2D eigenvalue weighted by molar-refractivity contribution is 6.87. The highest BCUT2D eigenvalue weighted by Crippen LogP contribution is 2.21. The van der Waals surface area contributed by atoms with Crippen LogP contribution in [-0.2, 0) is 9.47 Å². The summed E-state index contributed by atoms with van der Waals surface area (Å²) in [5.41, 5.74) is 3.61. The van der Waals surface area contributed by atoms with Crippen LogP contribution in [-0.4, -0.2) is 45.2 Å². The fourth-order valence-electron chi connectivity index (χ4n) is 2.82. The Hall–Kier alpha value is -1.28. The van der Waals surface area contributed by atoms with Crippen molar-refractivity contribution in [2.24, 2.45) is 15.9 Å². The van der Waals surface area contributed by atoms with Gasteiger partial charge in [0.25, 0.3) is 0 Å². The molecular weight excluding hydrogens is 316 g/mol. The van der Waals surface area contributed by atoms with Crippen molar-refractivity contribution in [3.8, 4) is 11.5 Å². The van der Waals surface area contributed by atoms with E-state index in [0.717, 1.165) is 0 Å². The first-order valence-corrected chi connectivity index (χ1v) is 12.0. The van der Waals surface area contributed by atoms with Gasteiger partial charge in [0.2, 0.25) is 11.8 Å². The molecule has 0 saturated heterocycles. The summed E-state index contributed by atoms with van der Waals surface area (Å²) in [7, 11) is -1.51. The number of hydrogen-bond donors (Lipinski definition) is 0. The van der Waals surface area contributed by atoms with Gasteiger partial charge in [-0.3, -0.25) is 0 Å². The average Bonchev–Trinajstić information content (AvgIpc) is 2.58. The van der Waals surface area contributed by atoms with Gasteiger partial charge in [-0.05, 0) is 37.9 Å². The van der Waals surface area contributed by atoms with Crippen LogP contribution in [0.15, 0.2) is 9.98 Å². The second-order valence-corrected chi connectivity index (χ2v) is 11.4. The summed E-state index contributed by atoms with van der Waals surface area (Å²) in [6, 6.07) is 3.14. The van der Waals surface area contributed by atoms with Crippen LogP contribution in [0.1, 0.15) is 48.5 Å². The molecule has 0 saturated carbocycles. The van der Waals surface area contributed by atoms with Crippen LogP contribution < -0.4 is 0 Å². The van der Waals surface area contributed by atoms with Crippen LogP contribution in [0.5, 0.6) is 0 Å². The van der Waals surface area contributed by atoms with Crippen LogP contribution in [0.3, 0.4) is 0 Å². The number of ether oxygens (including phenoxy) is 2. The number of aliphatic imine (C=N–C) groups is 2. The van der Waals surface area contributed by atoms with Gasteiger partial charge in [0, 0.05) is 0 Å². The van der Waals surface area contributed by atoms with E-state index in [0.29, 0.717) is 30.9 Å². The van der Waals surface area contributed by atoms with Gasteiger partial charge < -0.3 is 9.47 Å². The molecule has 5 heteroatoms. The monoisotopic (exact) mass is 350 g/mol. The van der Waals surface area contributed by atoms with Gasteiger partial charge in [0.1, 0.15) is 14.1 Å². The lowest BCUT2D eigenvalue weighted by atomic mass is 10.0. The van der Waals surface area contributed by atoms with Crippen LogP contribution >= 0.6 is 0 Å². The second kappa shape index (κ2) is 9.88. The standard InChI is InChI=1S/C19H34N2O2Si/c1-8-22-18-16(13-14-24(10-3,11-4)12-5)20-19(23-9-2)17(21-18)15(6)7/h15-17H,8-12H2,1-7H3/t16-,17+/m1/s1. The van der Waals surface area contributed by atoms with Gasteiger partial charge >= 0.3 is 0 Å². The second-order valence-electron chi connectivity index (χ2n) is 6.50. The Balaban J connectivity index is 3.20. The first-order valence-electron chi connectivity index (χ1n) is 9.40. The molecule has 0 radical (unpaired) electrons. The quantitative estimate of drug-likeness (QED) is 0.529. The molecular formula is C19H34N2O2Si. The molecule has 0 spiro atoms. The molecule has 2 atom stereocenters. The summed E-state index contributed by atoms with van der Waals surface area (Å²) in [5.74, 6) is 5.05. The Kier molecular flexibility index (Phi) is 8.55. The Morgan fingerprint density at radius 3 is 1.92 bits per heavy atom. The Labute approximate surface area is 149 Å². The maximum atomic E-state index is 5.77. The van der Waals surface area contributed by atoms with Gasteiger partial charge in [-0.15, -0.1) is 5.54 Å². The van der Waals surface area contributed by atoms with E-state index in [1.165, 1.54) is 18.1 Å². The molecule has 1 aliphatic rings. The van der Waals surface area contributed by atoms with Gasteiger partial charge in [-0.2, -0.15) is 0 Å². The van der Waals surface area contributed by atoms with E-state index in [-0.39, 0.29) is 12.1 Å².